The summed E-state index contributed by atoms with van der Waals surface area (Å²) in [6, 6.07) is 21.8. The second kappa shape index (κ2) is 19.9. The minimum Gasteiger partial charge on any atom is -0.462 e. The van der Waals surface area contributed by atoms with E-state index in [2.05, 4.69) is 44.3 Å². The number of methoxy groups -OCH3 is 1. The number of hydrogen-bond donors (Lipinski definition) is 1. The molecule has 3 aromatic carbocycles. The number of aliphatic hydroxyl groups excluding tert-OH is 1. The molecule has 268 valence electrons. The van der Waals surface area contributed by atoms with Crippen molar-refractivity contribution in [3.8, 4) is 22.3 Å². The molecule has 3 aromatic rings. The molecule has 1 unspecified atom stereocenters. The first-order chi connectivity index (χ1) is 24.2. The quantitative estimate of drug-likeness (QED) is 0.0770. The van der Waals surface area contributed by atoms with E-state index in [1.54, 1.807) is 6.07 Å². The second-order valence-corrected chi connectivity index (χ2v) is 13.6. The summed E-state index contributed by atoms with van der Waals surface area (Å²) in [5, 5.41) is 9.16. The molecule has 1 aliphatic carbocycles. The number of carbonyl (C=O) groups is 2. The number of aryl methyl sites for hydroxylation is 1. The number of unbranched alkanes of at least 4 members (excludes halogenated alkanes) is 2. The molecule has 50 heavy (non-hydrogen) atoms. The van der Waals surface area contributed by atoms with Crippen LogP contribution in [-0.4, -0.2) is 50.6 Å². The van der Waals surface area contributed by atoms with E-state index < -0.39 is 18.5 Å². The van der Waals surface area contributed by atoms with Gasteiger partial charge >= 0.3 is 11.9 Å². The number of aliphatic hydroxyl groups is 1. The van der Waals surface area contributed by atoms with Gasteiger partial charge in [0, 0.05) is 18.6 Å². The van der Waals surface area contributed by atoms with Gasteiger partial charge in [0.05, 0.1) is 37.6 Å². The lowest BCUT2D eigenvalue weighted by atomic mass is 9.77. The first kappa shape index (κ1) is 38.7. The van der Waals surface area contributed by atoms with Crippen molar-refractivity contribution in [2.75, 3.05) is 33.5 Å². The van der Waals surface area contributed by atoms with Crippen molar-refractivity contribution in [1.82, 2.24) is 0 Å². The Balaban J connectivity index is 1.33. The number of rotatable bonds is 19. The molecular formula is C43H53FO6. The topological polar surface area (TPSA) is 82.1 Å². The highest BCUT2D eigenvalue weighted by atomic mass is 19.1. The Hall–Kier alpha value is -4.07. The molecule has 0 aromatic heterocycles. The predicted octanol–water partition coefficient (Wildman–Crippen LogP) is 9.40. The Bertz CT molecular complexity index is 1550. The molecule has 4 rings (SSSR count). The molecule has 0 heterocycles. The average molecular weight is 685 g/mol. The zero-order chi connectivity index (χ0) is 35.9. The minimum absolute atomic E-state index is 0.0129. The Labute approximate surface area is 297 Å². The highest BCUT2D eigenvalue weighted by Gasteiger charge is 2.22. The largest absolute Gasteiger partial charge is 0.462 e. The number of halogens is 1. The molecule has 6 nitrogen and oxygen atoms in total. The van der Waals surface area contributed by atoms with E-state index >= 15 is 4.39 Å². The number of esters is 2. The molecule has 1 aliphatic rings. The Morgan fingerprint density at radius 1 is 0.840 bits per heavy atom. The maximum atomic E-state index is 15.5. The van der Waals surface area contributed by atoms with Crippen molar-refractivity contribution >= 4 is 11.9 Å². The number of hydrogen-bond acceptors (Lipinski definition) is 6. The maximum Gasteiger partial charge on any atom is 0.335 e. The lowest BCUT2D eigenvalue weighted by Gasteiger charge is -2.29. The molecular weight excluding hydrogens is 631 g/mol. The summed E-state index contributed by atoms with van der Waals surface area (Å²) in [6.45, 7) is 8.97. The molecule has 1 fully saturated rings. The van der Waals surface area contributed by atoms with Gasteiger partial charge in [-0.1, -0.05) is 106 Å². The fraction of sp³-hybridized carbons (Fsp3) is 0.442. The standard InChI is InChI=1S/C43H53FO6/c1-5-6-7-8-32-11-15-35(16-12-32)36-19-21-37(22-20-36)39-23-24-40(41(44)25-39)38-17-13-33(14-18-38)9-10-34(28-49-42(46)30(2)26-45)29-50-43(47)31(3)27-48-4/h13-14,17-25,32,34-35,45H,2-3,5-12,15-16,26-29H2,1,4H3. The van der Waals surface area contributed by atoms with Gasteiger partial charge in [0.15, 0.2) is 0 Å². The van der Waals surface area contributed by atoms with Crippen LogP contribution in [0.15, 0.2) is 91.0 Å². The van der Waals surface area contributed by atoms with E-state index in [1.807, 2.05) is 36.4 Å². The summed E-state index contributed by atoms with van der Waals surface area (Å²) >= 11 is 0. The van der Waals surface area contributed by atoms with Crippen molar-refractivity contribution in [3.05, 3.63) is 108 Å². The number of benzene rings is 3. The highest BCUT2D eigenvalue weighted by molar-refractivity contribution is 5.88. The van der Waals surface area contributed by atoms with E-state index in [9.17, 15) is 9.59 Å². The van der Waals surface area contributed by atoms with Crippen molar-refractivity contribution in [1.29, 1.82) is 0 Å². The maximum absolute atomic E-state index is 15.5. The number of carbonyl (C=O) groups excluding carboxylic acids is 2. The molecule has 0 bridgehead atoms. The summed E-state index contributed by atoms with van der Waals surface area (Å²) in [6.07, 6.45) is 11.7. The van der Waals surface area contributed by atoms with E-state index in [0.717, 1.165) is 28.2 Å². The summed E-state index contributed by atoms with van der Waals surface area (Å²) in [4.78, 5) is 24.3. The SMILES string of the molecule is C=C(CO)C(=O)OCC(CCc1ccc(-c2ccc(-c3ccc(C4CCC(CCCCC)CC4)cc3)cc2F)cc1)COC(=O)C(=C)COC. The first-order valence-electron chi connectivity index (χ1n) is 18.0. The summed E-state index contributed by atoms with van der Waals surface area (Å²) in [7, 11) is 1.46. The van der Waals surface area contributed by atoms with Gasteiger partial charge in [0.1, 0.15) is 5.82 Å². The van der Waals surface area contributed by atoms with E-state index in [4.69, 9.17) is 19.3 Å². The molecule has 1 atom stereocenters. The number of ether oxygens (including phenoxy) is 3. The lowest BCUT2D eigenvalue weighted by Crippen LogP contribution is -2.23. The van der Waals surface area contributed by atoms with Gasteiger partial charge in [-0.2, -0.15) is 0 Å². The van der Waals surface area contributed by atoms with Crippen molar-refractivity contribution < 1.29 is 33.3 Å². The third kappa shape index (κ3) is 11.5. The fourth-order valence-corrected chi connectivity index (χ4v) is 6.67. The van der Waals surface area contributed by atoms with Crippen LogP contribution in [-0.2, 0) is 30.2 Å². The monoisotopic (exact) mass is 684 g/mol. The normalized spacial score (nSPS) is 16.4. The molecule has 0 aliphatic heterocycles. The van der Waals surface area contributed by atoms with Crippen LogP contribution in [0.2, 0.25) is 0 Å². The average Bonchev–Trinajstić information content (AvgIpc) is 3.14. The van der Waals surface area contributed by atoms with E-state index in [0.29, 0.717) is 24.3 Å². The van der Waals surface area contributed by atoms with Crippen LogP contribution in [0, 0.1) is 17.7 Å². The van der Waals surface area contributed by atoms with Crippen LogP contribution in [0.3, 0.4) is 0 Å². The second-order valence-electron chi connectivity index (χ2n) is 13.6. The van der Waals surface area contributed by atoms with Crippen LogP contribution in [0.25, 0.3) is 22.3 Å². The first-order valence-corrected chi connectivity index (χ1v) is 18.0. The summed E-state index contributed by atoms with van der Waals surface area (Å²) in [5.41, 5.74) is 5.71. The van der Waals surface area contributed by atoms with Crippen LogP contribution in [0.5, 0.6) is 0 Å². The zero-order valence-electron chi connectivity index (χ0n) is 29.8. The molecule has 7 heteroatoms. The summed E-state index contributed by atoms with van der Waals surface area (Å²) in [5.74, 6) is -0.349. The predicted molar refractivity (Wildman–Crippen MR) is 197 cm³/mol. The Morgan fingerprint density at radius 3 is 2.06 bits per heavy atom. The van der Waals surface area contributed by atoms with Gasteiger partial charge in [0.25, 0.3) is 0 Å². The molecule has 0 radical (unpaired) electrons. The minimum atomic E-state index is -0.701. The lowest BCUT2D eigenvalue weighted by molar-refractivity contribution is -0.144. The van der Waals surface area contributed by atoms with Crippen molar-refractivity contribution in [2.45, 2.75) is 77.0 Å². The van der Waals surface area contributed by atoms with E-state index in [1.165, 1.54) is 64.0 Å². The van der Waals surface area contributed by atoms with Gasteiger partial charge in [-0.25, -0.2) is 14.0 Å². The van der Waals surface area contributed by atoms with Gasteiger partial charge < -0.3 is 19.3 Å². The van der Waals surface area contributed by atoms with Crippen LogP contribution in [0.1, 0.15) is 81.8 Å². The van der Waals surface area contributed by atoms with Crippen LogP contribution in [0.4, 0.5) is 4.39 Å². The van der Waals surface area contributed by atoms with Crippen LogP contribution >= 0.6 is 0 Å². The third-order valence-electron chi connectivity index (χ3n) is 9.84. The van der Waals surface area contributed by atoms with Gasteiger partial charge in [-0.3, -0.25) is 0 Å². The zero-order valence-corrected chi connectivity index (χ0v) is 29.8. The molecule has 1 saturated carbocycles. The Morgan fingerprint density at radius 2 is 1.46 bits per heavy atom. The highest BCUT2D eigenvalue weighted by Crippen LogP contribution is 2.38. The third-order valence-corrected chi connectivity index (χ3v) is 9.84. The molecule has 0 saturated heterocycles. The Kier molecular flexibility index (Phi) is 15.5. The smallest absolute Gasteiger partial charge is 0.335 e. The van der Waals surface area contributed by atoms with Gasteiger partial charge in [-0.15, -0.1) is 0 Å². The van der Waals surface area contributed by atoms with Crippen molar-refractivity contribution in [3.63, 3.8) is 0 Å². The molecule has 0 amide bonds. The van der Waals surface area contributed by atoms with Crippen LogP contribution < -0.4 is 0 Å². The van der Waals surface area contributed by atoms with Gasteiger partial charge in [0.2, 0.25) is 0 Å². The molecule has 1 N–H and O–H groups in total. The van der Waals surface area contributed by atoms with Crippen molar-refractivity contribution in [2.24, 2.45) is 11.8 Å². The fourth-order valence-electron chi connectivity index (χ4n) is 6.67. The molecule has 0 spiro atoms. The van der Waals surface area contributed by atoms with Gasteiger partial charge in [-0.05, 0) is 84.2 Å². The van der Waals surface area contributed by atoms with E-state index in [-0.39, 0.29) is 42.7 Å². The summed E-state index contributed by atoms with van der Waals surface area (Å²) < 4.78 is 31.1.